The zero-order chi connectivity index (χ0) is 11.7. The van der Waals surface area contributed by atoms with E-state index in [1.807, 2.05) is 6.92 Å². The molecule has 1 aromatic rings. The van der Waals surface area contributed by atoms with Crippen molar-refractivity contribution in [3.63, 3.8) is 0 Å². The number of carboxylic acids is 1. The molecule has 2 aliphatic carbocycles. The van der Waals surface area contributed by atoms with Crippen molar-refractivity contribution in [2.24, 2.45) is 11.3 Å². The van der Waals surface area contributed by atoms with E-state index in [-0.39, 0.29) is 6.54 Å². The van der Waals surface area contributed by atoms with Crippen LogP contribution in [-0.4, -0.2) is 20.9 Å². The summed E-state index contributed by atoms with van der Waals surface area (Å²) in [6.07, 6.45) is 1.00. The van der Waals surface area contributed by atoms with Crippen molar-refractivity contribution in [2.75, 3.05) is 0 Å². The van der Waals surface area contributed by atoms with Crippen molar-refractivity contribution < 1.29 is 9.90 Å². The summed E-state index contributed by atoms with van der Waals surface area (Å²) in [6.45, 7) is 6.57. The number of aliphatic carboxylic acids is 1. The number of rotatable bonds is 2. The molecule has 2 atom stereocenters. The Kier molecular flexibility index (Phi) is 1.65. The molecule has 3 rings (SSSR count). The maximum absolute atomic E-state index is 10.7. The van der Waals surface area contributed by atoms with Gasteiger partial charge in [0, 0.05) is 11.3 Å². The SMILES string of the molecule is Cc1nn(CC(=O)O)c2c1[C@@H]1[C@@H](C2)C1(C)C. The Morgan fingerprint density at radius 2 is 2.31 bits per heavy atom. The Bertz CT molecular complexity index is 487. The van der Waals surface area contributed by atoms with Gasteiger partial charge >= 0.3 is 5.97 Å². The van der Waals surface area contributed by atoms with Crippen LogP contribution in [0, 0.1) is 18.3 Å². The Hall–Kier alpha value is -1.32. The largest absolute Gasteiger partial charge is 0.480 e. The van der Waals surface area contributed by atoms with Crippen LogP contribution in [0.5, 0.6) is 0 Å². The fourth-order valence-corrected chi connectivity index (χ4v) is 3.43. The third-order valence-electron chi connectivity index (χ3n) is 4.34. The number of aryl methyl sites for hydroxylation is 1. The lowest BCUT2D eigenvalue weighted by atomic mass is 9.98. The van der Waals surface area contributed by atoms with Gasteiger partial charge in [-0.2, -0.15) is 5.10 Å². The molecule has 1 aromatic heterocycles. The summed E-state index contributed by atoms with van der Waals surface area (Å²) < 4.78 is 1.68. The number of hydrogen-bond donors (Lipinski definition) is 1. The fraction of sp³-hybridized carbons (Fsp3) is 0.667. The Labute approximate surface area is 94.3 Å². The summed E-state index contributed by atoms with van der Waals surface area (Å²) in [7, 11) is 0. The van der Waals surface area contributed by atoms with E-state index >= 15 is 0 Å². The summed E-state index contributed by atoms with van der Waals surface area (Å²) >= 11 is 0. The van der Waals surface area contributed by atoms with Crippen LogP contribution in [0.2, 0.25) is 0 Å². The number of aromatic nitrogens is 2. The lowest BCUT2D eigenvalue weighted by molar-refractivity contribution is -0.137. The summed E-state index contributed by atoms with van der Waals surface area (Å²) in [5.74, 6) is 0.509. The van der Waals surface area contributed by atoms with E-state index in [9.17, 15) is 4.79 Å². The highest BCUT2D eigenvalue weighted by Gasteiger charge is 2.63. The molecule has 2 aliphatic rings. The first-order valence-electron chi connectivity index (χ1n) is 5.71. The van der Waals surface area contributed by atoms with E-state index in [1.54, 1.807) is 4.68 Å². The molecule has 1 fully saturated rings. The van der Waals surface area contributed by atoms with Crippen LogP contribution in [0.4, 0.5) is 0 Å². The summed E-state index contributed by atoms with van der Waals surface area (Å²) in [5, 5.41) is 13.2. The van der Waals surface area contributed by atoms with Crippen LogP contribution in [0.1, 0.15) is 36.7 Å². The summed E-state index contributed by atoms with van der Waals surface area (Å²) in [4.78, 5) is 10.7. The minimum atomic E-state index is -0.815. The normalized spacial score (nSPS) is 28.7. The summed E-state index contributed by atoms with van der Waals surface area (Å²) in [5.41, 5.74) is 3.91. The van der Waals surface area contributed by atoms with Gasteiger partial charge in [-0.05, 0) is 30.6 Å². The van der Waals surface area contributed by atoms with Gasteiger partial charge in [0.1, 0.15) is 6.54 Å². The Morgan fingerprint density at radius 3 is 2.94 bits per heavy atom. The molecule has 0 aromatic carbocycles. The van der Waals surface area contributed by atoms with Gasteiger partial charge in [0.25, 0.3) is 0 Å². The Morgan fingerprint density at radius 1 is 1.62 bits per heavy atom. The average molecular weight is 220 g/mol. The van der Waals surface area contributed by atoms with Gasteiger partial charge in [0.15, 0.2) is 0 Å². The molecule has 16 heavy (non-hydrogen) atoms. The van der Waals surface area contributed by atoms with Crippen molar-refractivity contribution in [1.82, 2.24) is 9.78 Å². The van der Waals surface area contributed by atoms with E-state index in [0.29, 0.717) is 17.3 Å². The molecule has 1 N–H and O–H groups in total. The molecule has 4 nitrogen and oxygen atoms in total. The highest BCUT2D eigenvalue weighted by Crippen LogP contribution is 2.70. The fourth-order valence-electron chi connectivity index (χ4n) is 3.43. The molecule has 4 heteroatoms. The standard InChI is InChI=1S/C12H16N2O2/c1-6-10-8(14(13-6)5-9(15)16)4-7-11(10)12(7,2)3/h7,11H,4-5H2,1-3H3,(H,15,16)/t7-,11+/m1/s1. The third-order valence-corrected chi connectivity index (χ3v) is 4.34. The predicted octanol–water partition coefficient (Wildman–Crippen LogP) is 1.57. The third kappa shape index (κ3) is 1.05. The van der Waals surface area contributed by atoms with Gasteiger partial charge in [-0.15, -0.1) is 0 Å². The molecule has 0 radical (unpaired) electrons. The highest BCUT2D eigenvalue weighted by molar-refractivity contribution is 5.66. The number of fused-ring (bicyclic) bond motifs is 3. The van der Waals surface area contributed by atoms with E-state index < -0.39 is 5.97 Å². The van der Waals surface area contributed by atoms with Crippen LogP contribution >= 0.6 is 0 Å². The molecular formula is C12H16N2O2. The molecule has 0 unspecified atom stereocenters. The van der Waals surface area contributed by atoms with Crippen LogP contribution in [0.3, 0.4) is 0 Å². The second-order valence-corrected chi connectivity index (χ2v) is 5.61. The number of hydrogen-bond acceptors (Lipinski definition) is 2. The zero-order valence-corrected chi connectivity index (χ0v) is 9.82. The van der Waals surface area contributed by atoms with Gasteiger partial charge in [-0.1, -0.05) is 13.8 Å². The second-order valence-electron chi connectivity index (χ2n) is 5.61. The lowest BCUT2D eigenvalue weighted by Crippen LogP contribution is -2.14. The number of carboxylic acid groups (broad SMARTS) is 1. The van der Waals surface area contributed by atoms with Crippen molar-refractivity contribution in [3.8, 4) is 0 Å². The summed E-state index contributed by atoms with van der Waals surface area (Å²) in [6, 6.07) is 0. The van der Waals surface area contributed by atoms with Crippen molar-refractivity contribution in [3.05, 3.63) is 17.0 Å². The number of carbonyl (C=O) groups is 1. The monoisotopic (exact) mass is 220 g/mol. The van der Waals surface area contributed by atoms with E-state index in [1.165, 1.54) is 5.56 Å². The minimum absolute atomic E-state index is 0.00393. The smallest absolute Gasteiger partial charge is 0.325 e. The van der Waals surface area contributed by atoms with Crippen LogP contribution in [0.15, 0.2) is 0 Å². The quantitative estimate of drug-likeness (QED) is 0.823. The first kappa shape index (κ1) is 9.87. The molecule has 0 saturated heterocycles. The van der Waals surface area contributed by atoms with E-state index in [4.69, 9.17) is 5.11 Å². The van der Waals surface area contributed by atoms with Gasteiger partial charge in [0.05, 0.1) is 5.69 Å². The molecular weight excluding hydrogens is 204 g/mol. The first-order chi connectivity index (χ1) is 7.43. The van der Waals surface area contributed by atoms with Crippen molar-refractivity contribution >= 4 is 5.97 Å². The van der Waals surface area contributed by atoms with Crippen molar-refractivity contribution in [1.29, 1.82) is 0 Å². The number of nitrogens with zero attached hydrogens (tertiary/aromatic N) is 2. The lowest BCUT2D eigenvalue weighted by Gasteiger charge is -2.09. The average Bonchev–Trinajstić information content (AvgIpc) is 2.52. The molecule has 1 heterocycles. The van der Waals surface area contributed by atoms with Gasteiger partial charge in [0.2, 0.25) is 0 Å². The molecule has 86 valence electrons. The minimum Gasteiger partial charge on any atom is -0.480 e. The second kappa shape index (κ2) is 2.67. The molecule has 0 bridgehead atoms. The maximum atomic E-state index is 10.7. The topological polar surface area (TPSA) is 55.1 Å². The van der Waals surface area contributed by atoms with Crippen LogP contribution in [-0.2, 0) is 17.8 Å². The van der Waals surface area contributed by atoms with Gasteiger partial charge in [-0.25, -0.2) is 0 Å². The van der Waals surface area contributed by atoms with Crippen LogP contribution < -0.4 is 0 Å². The van der Waals surface area contributed by atoms with Crippen molar-refractivity contribution in [2.45, 2.75) is 39.7 Å². The van der Waals surface area contributed by atoms with Gasteiger partial charge < -0.3 is 5.11 Å². The van der Waals surface area contributed by atoms with E-state index in [2.05, 4.69) is 18.9 Å². The predicted molar refractivity (Wildman–Crippen MR) is 58.3 cm³/mol. The molecule has 0 aliphatic heterocycles. The zero-order valence-electron chi connectivity index (χ0n) is 9.82. The molecule has 1 saturated carbocycles. The highest BCUT2D eigenvalue weighted by atomic mass is 16.4. The maximum Gasteiger partial charge on any atom is 0.325 e. The molecule has 0 amide bonds. The van der Waals surface area contributed by atoms with E-state index in [0.717, 1.165) is 17.8 Å². The van der Waals surface area contributed by atoms with Crippen LogP contribution in [0.25, 0.3) is 0 Å². The first-order valence-corrected chi connectivity index (χ1v) is 5.71. The Balaban J connectivity index is 2.01. The van der Waals surface area contributed by atoms with Gasteiger partial charge in [-0.3, -0.25) is 9.48 Å². The molecule has 0 spiro atoms.